The van der Waals surface area contributed by atoms with E-state index in [0.717, 1.165) is 29.2 Å². The topological polar surface area (TPSA) is 55.6 Å². The third-order valence-corrected chi connectivity index (χ3v) is 3.48. The van der Waals surface area contributed by atoms with E-state index in [1.807, 2.05) is 17.1 Å². The fourth-order valence-corrected chi connectivity index (χ4v) is 2.60. The zero-order chi connectivity index (χ0) is 13.4. The first kappa shape index (κ1) is 12.4. The van der Waals surface area contributed by atoms with Crippen LogP contribution in [0.15, 0.2) is 18.7 Å². The minimum Gasteiger partial charge on any atom is -0.368 e. The van der Waals surface area contributed by atoms with Crippen LogP contribution in [0.25, 0.3) is 11.3 Å². The number of anilines is 1. The van der Waals surface area contributed by atoms with Crippen LogP contribution in [-0.4, -0.2) is 26.3 Å². The van der Waals surface area contributed by atoms with Crippen LogP contribution in [0.5, 0.6) is 0 Å². The van der Waals surface area contributed by atoms with Gasteiger partial charge in [-0.3, -0.25) is 4.68 Å². The molecule has 0 radical (unpaired) electrons. The van der Waals surface area contributed by atoms with Gasteiger partial charge < -0.3 is 5.32 Å². The highest BCUT2D eigenvalue weighted by molar-refractivity contribution is 6.22. The number of rotatable bonds is 3. The molecule has 0 amide bonds. The van der Waals surface area contributed by atoms with Crippen LogP contribution >= 0.6 is 11.6 Å². The minimum atomic E-state index is -0.0837. The van der Waals surface area contributed by atoms with Crippen molar-refractivity contribution in [1.82, 2.24) is 19.7 Å². The molecule has 100 valence electrons. The molecule has 2 aromatic heterocycles. The Morgan fingerprint density at radius 1 is 1.47 bits per heavy atom. The molecule has 2 aromatic rings. The molecule has 0 fully saturated rings. The number of hydrogen-bond donors (Lipinski definition) is 1. The van der Waals surface area contributed by atoms with Gasteiger partial charge in [0.1, 0.15) is 12.1 Å². The Kier molecular flexibility index (Phi) is 3.14. The van der Waals surface area contributed by atoms with E-state index in [9.17, 15) is 0 Å². The Morgan fingerprint density at radius 2 is 2.32 bits per heavy atom. The van der Waals surface area contributed by atoms with Gasteiger partial charge in [0.05, 0.1) is 17.3 Å². The molecule has 1 aliphatic heterocycles. The lowest BCUT2D eigenvalue weighted by Crippen LogP contribution is -2.04. The van der Waals surface area contributed by atoms with Crippen LogP contribution in [-0.2, 0) is 6.54 Å². The molecule has 0 aromatic carbocycles. The van der Waals surface area contributed by atoms with Gasteiger partial charge in [0.25, 0.3) is 0 Å². The fourth-order valence-electron chi connectivity index (χ4n) is 2.31. The van der Waals surface area contributed by atoms with Crippen molar-refractivity contribution in [3.63, 3.8) is 0 Å². The van der Waals surface area contributed by atoms with Crippen LogP contribution in [0.1, 0.15) is 24.8 Å². The average molecular weight is 278 g/mol. The van der Waals surface area contributed by atoms with E-state index in [0.29, 0.717) is 12.5 Å². The highest BCUT2D eigenvalue weighted by Gasteiger charge is 2.26. The van der Waals surface area contributed by atoms with Gasteiger partial charge in [0.2, 0.25) is 0 Å². The lowest BCUT2D eigenvalue weighted by Gasteiger charge is -2.06. The highest BCUT2D eigenvalue weighted by Crippen LogP contribution is 2.38. The van der Waals surface area contributed by atoms with Crippen molar-refractivity contribution in [1.29, 1.82) is 0 Å². The van der Waals surface area contributed by atoms with Crippen LogP contribution in [0, 0.1) is 5.92 Å². The summed E-state index contributed by atoms with van der Waals surface area (Å²) in [5.41, 5.74) is 2.85. The second kappa shape index (κ2) is 4.81. The Labute approximate surface area is 117 Å². The molecule has 0 aliphatic carbocycles. The number of nitrogens with zero attached hydrogens (tertiary/aromatic N) is 4. The maximum absolute atomic E-state index is 6.32. The molecule has 3 rings (SSSR count). The monoisotopic (exact) mass is 277 g/mol. The van der Waals surface area contributed by atoms with Crippen LogP contribution in [0.3, 0.4) is 0 Å². The summed E-state index contributed by atoms with van der Waals surface area (Å²) < 4.78 is 1.94. The van der Waals surface area contributed by atoms with E-state index in [1.165, 1.54) is 0 Å². The van der Waals surface area contributed by atoms with Gasteiger partial charge in [-0.15, -0.1) is 11.6 Å². The van der Waals surface area contributed by atoms with E-state index in [-0.39, 0.29) is 5.38 Å². The minimum absolute atomic E-state index is 0.0837. The summed E-state index contributed by atoms with van der Waals surface area (Å²) in [6.45, 7) is 5.93. The lowest BCUT2D eigenvalue weighted by atomic mass is 10.1. The second-order valence-electron chi connectivity index (χ2n) is 5.18. The Bertz CT molecular complexity index is 592. The van der Waals surface area contributed by atoms with Gasteiger partial charge in [-0.2, -0.15) is 5.10 Å². The molecule has 0 saturated heterocycles. The van der Waals surface area contributed by atoms with E-state index in [1.54, 1.807) is 6.33 Å². The molecule has 3 heterocycles. The predicted octanol–water partition coefficient (Wildman–Crippen LogP) is 2.70. The molecule has 1 aliphatic rings. The molecule has 19 heavy (non-hydrogen) atoms. The highest BCUT2D eigenvalue weighted by atomic mass is 35.5. The predicted molar refractivity (Wildman–Crippen MR) is 75.2 cm³/mol. The van der Waals surface area contributed by atoms with E-state index < -0.39 is 0 Å². The van der Waals surface area contributed by atoms with Gasteiger partial charge in [0.15, 0.2) is 0 Å². The van der Waals surface area contributed by atoms with Crippen LogP contribution in [0.4, 0.5) is 5.82 Å². The third kappa shape index (κ3) is 2.30. The Balaban J connectivity index is 1.99. The summed E-state index contributed by atoms with van der Waals surface area (Å²) in [7, 11) is 0. The number of nitrogens with one attached hydrogen (secondary N) is 1. The van der Waals surface area contributed by atoms with E-state index in [2.05, 4.69) is 34.2 Å². The zero-order valence-corrected chi connectivity index (χ0v) is 11.7. The number of halogens is 1. The molecule has 0 spiro atoms. The summed E-state index contributed by atoms with van der Waals surface area (Å²) in [5.74, 6) is 1.40. The van der Waals surface area contributed by atoms with Crippen molar-refractivity contribution in [2.24, 2.45) is 5.92 Å². The van der Waals surface area contributed by atoms with Crippen LogP contribution < -0.4 is 5.32 Å². The standard InChI is InChI=1S/C13H16ClN5/c1-8(2)5-19-6-9(3-18-19)12-11-10(14)4-15-13(11)17-7-16-12/h3,6-8,10H,4-5H2,1-2H3,(H,15,16,17). The summed E-state index contributed by atoms with van der Waals surface area (Å²) in [6, 6.07) is 0. The van der Waals surface area contributed by atoms with Crippen molar-refractivity contribution < 1.29 is 0 Å². The SMILES string of the molecule is CC(C)Cn1cc(-c2ncnc3c2C(Cl)CN3)cn1. The van der Waals surface area contributed by atoms with E-state index >= 15 is 0 Å². The van der Waals surface area contributed by atoms with Crippen molar-refractivity contribution in [2.75, 3.05) is 11.9 Å². The smallest absolute Gasteiger partial charge is 0.134 e. The largest absolute Gasteiger partial charge is 0.368 e. The van der Waals surface area contributed by atoms with Crippen molar-refractivity contribution in [3.05, 3.63) is 24.3 Å². The molecule has 1 unspecified atom stereocenters. The molecule has 0 bridgehead atoms. The van der Waals surface area contributed by atoms with Gasteiger partial charge in [-0.1, -0.05) is 13.8 Å². The van der Waals surface area contributed by atoms with E-state index in [4.69, 9.17) is 11.6 Å². The quantitative estimate of drug-likeness (QED) is 0.877. The van der Waals surface area contributed by atoms with Crippen molar-refractivity contribution in [3.8, 4) is 11.3 Å². The molecule has 0 saturated carbocycles. The first-order valence-electron chi connectivity index (χ1n) is 6.41. The maximum atomic E-state index is 6.32. The molecule has 6 heteroatoms. The normalized spacial score (nSPS) is 17.6. The summed E-state index contributed by atoms with van der Waals surface area (Å²) in [6.07, 6.45) is 5.42. The van der Waals surface area contributed by atoms with Crippen molar-refractivity contribution >= 4 is 17.4 Å². The molecule has 5 nitrogen and oxygen atoms in total. The maximum Gasteiger partial charge on any atom is 0.134 e. The van der Waals surface area contributed by atoms with Gasteiger partial charge in [-0.25, -0.2) is 9.97 Å². The second-order valence-corrected chi connectivity index (χ2v) is 5.70. The summed E-state index contributed by atoms with van der Waals surface area (Å²) >= 11 is 6.32. The third-order valence-electron chi connectivity index (χ3n) is 3.10. The fraction of sp³-hybridized carbons (Fsp3) is 0.462. The molecule has 1 N–H and O–H groups in total. The van der Waals surface area contributed by atoms with Gasteiger partial charge in [0, 0.05) is 30.4 Å². The number of fused-ring (bicyclic) bond motifs is 1. The summed E-state index contributed by atoms with van der Waals surface area (Å²) in [5, 5.41) is 7.48. The number of hydrogen-bond acceptors (Lipinski definition) is 4. The van der Waals surface area contributed by atoms with Gasteiger partial charge >= 0.3 is 0 Å². The zero-order valence-electron chi connectivity index (χ0n) is 11.0. The van der Waals surface area contributed by atoms with Gasteiger partial charge in [-0.05, 0) is 5.92 Å². The molecular formula is C13H16ClN5. The van der Waals surface area contributed by atoms with Crippen LogP contribution in [0.2, 0.25) is 0 Å². The van der Waals surface area contributed by atoms with Crippen molar-refractivity contribution in [2.45, 2.75) is 25.8 Å². The Morgan fingerprint density at radius 3 is 3.11 bits per heavy atom. The lowest BCUT2D eigenvalue weighted by molar-refractivity contribution is 0.483. The Hall–Kier alpha value is -1.62. The number of aromatic nitrogens is 4. The summed E-state index contributed by atoms with van der Waals surface area (Å²) in [4.78, 5) is 8.59. The molecule has 1 atom stereocenters. The first-order valence-corrected chi connectivity index (χ1v) is 6.84. The average Bonchev–Trinajstić information content (AvgIpc) is 2.96. The first-order chi connectivity index (χ1) is 9.15. The molecular weight excluding hydrogens is 262 g/mol. The number of alkyl halides is 1.